The zero-order chi connectivity index (χ0) is 25.7. The highest BCUT2D eigenvalue weighted by atomic mass is 16.4. The molecule has 1 aliphatic rings. The number of hydrogen-bond acceptors (Lipinski definition) is 4. The van der Waals surface area contributed by atoms with Gasteiger partial charge in [0.2, 0.25) is 5.91 Å². The first kappa shape index (κ1) is 24.9. The predicted octanol–water partition coefficient (Wildman–Crippen LogP) is 4.21. The summed E-state index contributed by atoms with van der Waals surface area (Å²) in [7, 11) is 0. The van der Waals surface area contributed by atoms with E-state index < -0.39 is 5.97 Å². The number of nitrogens with one attached hydrogen (secondary N) is 1. The molecule has 184 valence electrons. The molecule has 5 rings (SSSR count). The minimum absolute atomic E-state index is 0.0745. The summed E-state index contributed by atoms with van der Waals surface area (Å²) in [6, 6.07) is 26.9. The van der Waals surface area contributed by atoms with E-state index in [1.54, 1.807) is 0 Å². The summed E-state index contributed by atoms with van der Waals surface area (Å²) in [4.78, 5) is 26.0. The number of piperazine rings is 1. The van der Waals surface area contributed by atoms with E-state index in [0.717, 1.165) is 48.5 Å². The van der Waals surface area contributed by atoms with Crippen LogP contribution in [0.1, 0.15) is 23.6 Å². The van der Waals surface area contributed by atoms with Crippen LogP contribution in [0.3, 0.4) is 0 Å². The number of nitrogens with two attached hydrogens (primary N) is 1. The minimum atomic E-state index is -0.833. The van der Waals surface area contributed by atoms with Crippen LogP contribution in [0.2, 0.25) is 0 Å². The van der Waals surface area contributed by atoms with Crippen LogP contribution in [-0.4, -0.2) is 52.3 Å². The second-order valence-corrected chi connectivity index (χ2v) is 9.04. The molecule has 0 saturated carbocycles. The van der Waals surface area contributed by atoms with Gasteiger partial charge in [0, 0.05) is 38.7 Å². The summed E-state index contributed by atoms with van der Waals surface area (Å²) in [6.45, 7) is 4.48. The van der Waals surface area contributed by atoms with Gasteiger partial charge in [-0.3, -0.25) is 19.9 Å². The quantitative estimate of drug-likeness (QED) is 0.291. The molecule has 36 heavy (non-hydrogen) atoms. The number of benzene rings is 4. The summed E-state index contributed by atoms with van der Waals surface area (Å²) in [5, 5.41) is 19.7. The minimum Gasteiger partial charge on any atom is -0.481 e. The number of carboxylic acid groups (broad SMARTS) is 1. The lowest BCUT2D eigenvalue weighted by atomic mass is 10.0. The Labute approximate surface area is 210 Å². The number of rotatable bonds is 5. The van der Waals surface area contributed by atoms with Crippen molar-refractivity contribution in [3.63, 3.8) is 0 Å². The first-order valence-corrected chi connectivity index (χ1v) is 11.8. The Kier molecular flexibility index (Phi) is 7.61. The van der Waals surface area contributed by atoms with Crippen LogP contribution < -0.4 is 5.73 Å². The molecule has 1 aliphatic heterocycles. The Bertz CT molecular complexity index is 1430. The lowest BCUT2D eigenvalue weighted by Crippen LogP contribution is -2.49. The van der Waals surface area contributed by atoms with E-state index >= 15 is 0 Å². The molecule has 1 heterocycles. The second-order valence-electron chi connectivity index (χ2n) is 9.04. The van der Waals surface area contributed by atoms with Crippen molar-refractivity contribution in [2.45, 2.75) is 20.0 Å². The van der Waals surface area contributed by atoms with E-state index in [1.807, 2.05) is 35.2 Å². The van der Waals surface area contributed by atoms with Crippen molar-refractivity contribution < 1.29 is 14.7 Å². The third-order valence-corrected chi connectivity index (χ3v) is 6.21. The summed E-state index contributed by atoms with van der Waals surface area (Å²) >= 11 is 0. The van der Waals surface area contributed by atoms with Crippen molar-refractivity contribution >= 4 is 39.3 Å². The van der Waals surface area contributed by atoms with E-state index in [4.69, 9.17) is 21.0 Å². The maximum atomic E-state index is 12.8. The lowest BCUT2D eigenvalue weighted by molar-refractivity contribution is -0.137. The number of carbonyl (C=O) groups excluding carboxylic acids is 1. The van der Waals surface area contributed by atoms with Gasteiger partial charge in [-0.15, -0.1) is 0 Å². The fourth-order valence-corrected chi connectivity index (χ4v) is 4.44. The maximum absolute atomic E-state index is 12.8. The number of carbonyl (C=O) groups is 2. The summed E-state index contributed by atoms with van der Waals surface area (Å²) in [5.74, 6) is -0.588. The van der Waals surface area contributed by atoms with Crippen LogP contribution in [0.4, 0.5) is 0 Å². The Balaban J connectivity index is 0.000000709. The van der Waals surface area contributed by atoms with Gasteiger partial charge in [-0.25, -0.2) is 0 Å². The molecule has 1 fully saturated rings. The Morgan fingerprint density at radius 2 is 1.44 bits per heavy atom. The van der Waals surface area contributed by atoms with E-state index in [2.05, 4.69) is 53.4 Å². The molecule has 0 unspecified atom stereocenters. The first-order chi connectivity index (χ1) is 17.3. The van der Waals surface area contributed by atoms with Crippen molar-refractivity contribution in [3.8, 4) is 0 Å². The number of hydrogen-bond donors (Lipinski definition) is 3. The largest absolute Gasteiger partial charge is 0.481 e. The van der Waals surface area contributed by atoms with E-state index in [9.17, 15) is 4.79 Å². The van der Waals surface area contributed by atoms with Crippen molar-refractivity contribution in [3.05, 3.63) is 95.6 Å². The van der Waals surface area contributed by atoms with Crippen LogP contribution >= 0.6 is 0 Å². The Morgan fingerprint density at radius 3 is 2.11 bits per heavy atom. The summed E-state index contributed by atoms with van der Waals surface area (Å²) < 4.78 is 0. The highest BCUT2D eigenvalue weighted by molar-refractivity contribution is 5.99. The van der Waals surface area contributed by atoms with Crippen LogP contribution in [-0.2, 0) is 22.7 Å². The second kappa shape index (κ2) is 11.0. The predicted molar refractivity (Wildman–Crippen MR) is 143 cm³/mol. The van der Waals surface area contributed by atoms with Gasteiger partial charge in [0.1, 0.15) is 5.84 Å². The van der Waals surface area contributed by atoms with Gasteiger partial charge < -0.3 is 15.7 Å². The normalized spacial score (nSPS) is 13.9. The topological polar surface area (TPSA) is 111 Å². The first-order valence-electron chi connectivity index (χ1n) is 11.8. The SMILES string of the molecule is CC(=O)O.N=C(N)c1ccc2ccc(CN3CCN(Cc4ccc5ccccc5c4)C(=O)C3)cc2c1. The number of amides is 1. The maximum Gasteiger partial charge on any atom is 0.300 e. The monoisotopic (exact) mass is 482 g/mol. The van der Waals surface area contributed by atoms with Crippen molar-refractivity contribution in [2.24, 2.45) is 5.73 Å². The third-order valence-electron chi connectivity index (χ3n) is 6.21. The molecular weight excluding hydrogens is 452 g/mol. The van der Waals surface area contributed by atoms with Gasteiger partial charge in [-0.1, -0.05) is 60.7 Å². The summed E-state index contributed by atoms with van der Waals surface area (Å²) in [5.41, 5.74) is 8.69. The average Bonchev–Trinajstić information content (AvgIpc) is 2.85. The van der Waals surface area contributed by atoms with Crippen molar-refractivity contribution in [1.82, 2.24) is 9.80 Å². The molecule has 4 aromatic carbocycles. The molecule has 7 nitrogen and oxygen atoms in total. The Morgan fingerprint density at radius 1 is 0.861 bits per heavy atom. The number of nitrogen functional groups attached to an aromatic ring is 1. The fourth-order valence-electron chi connectivity index (χ4n) is 4.44. The molecular formula is C29H30N4O3. The molecule has 0 aliphatic carbocycles. The number of fused-ring (bicyclic) bond motifs is 2. The van der Waals surface area contributed by atoms with Gasteiger partial charge in [0.05, 0.1) is 6.54 Å². The van der Waals surface area contributed by atoms with Gasteiger partial charge in [0.25, 0.3) is 5.97 Å². The van der Waals surface area contributed by atoms with Crippen molar-refractivity contribution in [1.29, 1.82) is 5.41 Å². The molecule has 4 N–H and O–H groups in total. The zero-order valence-electron chi connectivity index (χ0n) is 20.3. The summed E-state index contributed by atoms with van der Waals surface area (Å²) in [6.07, 6.45) is 0. The number of aliphatic carboxylic acids is 1. The molecule has 0 spiro atoms. The van der Waals surface area contributed by atoms with E-state index in [1.165, 1.54) is 16.3 Å². The van der Waals surface area contributed by atoms with Crippen LogP contribution in [0, 0.1) is 5.41 Å². The molecule has 0 bridgehead atoms. The van der Waals surface area contributed by atoms with Gasteiger partial charge >= 0.3 is 0 Å². The Hall–Kier alpha value is -4.23. The van der Waals surface area contributed by atoms with E-state index in [-0.39, 0.29) is 11.7 Å². The fraction of sp³-hybridized carbons (Fsp3) is 0.207. The zero-order valence-corrected chi connectivity index (χ0v) is 20.3. The van der Waals surface area contributed by atoms with E-state index in [0.29, 0.717) is 13.1 Å². The highest BCUT2D eigenvalue weighted by Gasteiger charge is 2.24. The smallest absolute Gasteiger partial charge is 0.300 e. The van der Waals surface area contributed by atoms with Gasteiger partial charge in [0.15, 0.2) is 0 Å². The standard InChI is InChI=1S/C27H26N4O.C2H4O2/c28-27(29)24-10-9-22-8-5-19(14-25(22)15-24)16-30-11-12-31(26(32)18-30)17-20-6-7-21-3-1-2-4-23(21)13-20;1-2(3)4/h1-10,13-15H,11-12,16-18H2,(H3,28,29);1H3,(H,3,4). The molecule has 1 saturated heterocycles. The molecule has 0 radical (unpaired) electrons. The van der Waals surface area contributed by atoms with Crippen molar-refractivity contribution in [2.75, 3.05) is 19.6 Å². The third kappa shape index (κ3) is 6.25. The molecule has 0 aromatic heterocycles. The number of nitrogens with zero attached hydrogens (tertiary/aromatic N) is 2. The average molecular weight is 483 g/mol. The molecule has 4 aromatic rings. The van der Waals surface area contributed by atoms with Crippen LogP contribution in [0.5, 0.6) is 0 Å². The van der Waals surface area contributed by atoms with Crippen LogP contribution in [0.15, 0.2) is 78.9 Å². The highest BCUT2D eigenvalue weighted by Crippen LogP contribution is 2.21. The molecule has 0 atom stereocenters. The van der Waals surface area contributed by atoms with Gasteiger partial charge in [-0.05, 0) is 50.9 Å². The molecule has 7 heteroatoms. The number of amidine groups is 1. The van der Waals surface area contributed by atoms with Crippen LogP contribution in [0.25, 0.3) is 21.5 Å². The van der Waals surface area contributed by atoms with Gasteiger partial charge in [-0.2, -0.15) is 0 Å². The number of carboxylic acids is 1. The lowest BCUT2D eigenvalue weighted by Gasteiger charge is -2.34. The molecule has 1 amide bonds.